The number of aromatic nitrogens is 1. The number of ether oxygens (including phenoxy) is 1. The van der Waals surface area contributed by atoms with Crippen molar-refractivity contribution >= 4 is 29.1 Å². The Hall–Kier alpha value is -3.38. The van der Waals surface area contributed by atoms with Gasteiger partial charge in [-0.3, -0.25) is 14.5 Å². The van der Waals surface area contributed by atoms with Crippen LogP contribution in [-0.4, -0.2) is 29.4 Å². The minimum atomic E-state index is -0.365. The Morgan fingerprint density at radius 1 is 1.16 bits per heavy atom. The van der Waals surface area contributed by atoms with Gasteiger partial charge in [0.15, 0.2) is 5.75 Å². The maximum absolute atomic E-state index is 13.2. The number of benzene rings is 2. The van der Waals surface area contributed by atoms with Crippen molar-refractivity contribution in [1.29, 1.82) is 0 Å². The molecule has 1 N–H and O–H groups in total. The van der Waals surface area contributed by atoms with Gasteiger partial charge >= 0.3 is 0 Å². The van der Waals surface area contributed by atoms with Gasteiger partial charge < -0.3 is 10.1 Å². The van der Waals surface area contributed by atoms with E-state index in [1.54, 1.807) is 36.5 Å². The molecule has 4 rings (SSSR count). The molecule has 2 heterocycles. The van der Waals surface area contributed by atoms with E-state index >= 15 is 0 Å². The van der Waals surface area contributed by atoms with Crippen LogP contribution in [0.5, 0.6) is 11.6 Å². The molecule has 0 saturated carbocycles. The van der Waals surface area contributed by atoms with Gasteiger partial charge in [0, 0.05) is 17.3 Å². The van der Waals surface area contributed by atoms with E-state index in [-0.39, 0.29) is 30.3 Å². The molecule has 0 bridgehead atoms. The van der Waals surface area contributed by atoms with Crippen LogP contribution in [0.1, 0.15) is 29.3 Å². The van der Waals surface area contributed by atoms with E-state index in [0.29, 0.717) is 22.0 Å². The number of nitrogens with one attached hydrogen (secondary N) is 1. The van der Waals surface area contributed by atoms with Crippen molar-refractivity contribution in [3.05, 3.63) is 83.0 Å². The van der Waals surface area contributed by atoms with Gasteiger partial charge in [-0.15, -0.1) is 0 Å². The van der Waals surface area contributed by atoms with Gasteiger partial charge in [0.1, 0.15) is 12.1 Å². The Morgan fingerprint density at radius 3 is 2.77 bits per heavy atom. The monoisotopic (exact) mass is 435 g/mol. The van der Waals surface area contributed by atoms with E-state index in [1.165, 1.54) is 10.5 Å². The third-order valence-corrected chi connectivity index (χ3v) is 5.32. The summed E-state index contributed by atoms with van der Waals surface area (Å²) < 4.78 is 5.84. The van der Waals surface area contributed by atoms with Crippen LogP contribution in [0.3, 0.4) is 0 Å². The van der Waals surface area contributed by atoms with Gasteiger partial charge in [-0.05, 0) is 55.7 Å². The molecule has 1 aliphatic heterocycles. The standard InChI is InChI=1S/C24H22ClN3O3/c1-16(9-10-17-6-3-2-4-7-17)27-22(29)15-28-20-14-18(25)11-12-21(20)31-23-19(24(28)30)8-5-13-26-23/h2-8,11-14,16H,9-10,15H2,1H3,(H,27,29). The highest BCUT2D eigenvalue weighted by Gasteiger charge is 2.30. The van der Waals surface area contributed by atoms with Crippen molar-refractivity contribution in [2.24, 2.45) is 0 Å². The largest absolute Gasteiger partial charge is 0.436 e. The number of carbonyl (C=O) groups is 2. The molecule has 1 unspecified atom stereocenters. The molecule has 31 heavy (non-hydrogen) atoms. The molecule has 0 radical (unpaired) electrons. The summed E-state index contributed by atoms with van der Waals surface area (Å²) in [6.07, 6.45) is 3.21. The summed E-state index contributed by atoms with van der Waals surface area (Å²) in [5, 5.41) is 3.43. The molecule has 7 heteroatoms. The molecule has 1 aliphatic rings. The van der Waals surface area contributed by atoms with E-state index in [2.05, 4.69) is 22.4 Å². The van der Waals surface area contributed by atoms with Crippen LogP contribution in [0.2, 0.25) is 5.02 Å². The lowest BCUT2D eigenvalue weighted by Crippen LogP contribution is -2.43. The third kappa shape index (κ3) is 4.86. The first-order valence-corrected chi connectivity index (χ1v) is 10.5. The van der Waals surface area contributed by atoms with Crippen molar-refractivity contribution in [1.82, 2.24) is 10.3 Å². The normalized spacial score (nSPS) is 13.5. The zero-order valence-corrected chi connectivity index (χ0v) is 17.8. The zero-order valence-electron chi connectivity index (χ0n) is 17.0. The molecule has 0 spiro atoms. The maximum atomic E-state index is 13.2. The lowest BCUT2D eigenvalue weighted by Gasteiger charge is -2.23. The smallest absolute Gasteiger partial charge is 0.264 e. The number of rotatable bonds is 6. The SMILES string of the molecule is CC(CCc1ccccc1)NC(=O)CN1C(=O)c2cccnc2Oc2ccc(Cl)cc21. The summed E-state index contributed by atoms with van der Waals surface area (Å²) >= 11 is 6.16. The van der Waals surface area contributed by atoms with Crippen molar-refractivity contribution in [3.63, 3.8) is 0 Å². The molecule has 2 aromatic carbocycles. The number of aryl methyl sites for hydroxylation is 1. The van der Waals surface area contributed by atoms with Crippen LogP contribution in [0.15, 0.2) is 66.9 Å². The molecule has 6 nitrogen and oxygen atoms in total. The molecule has 2 amide bonds. The molecule has 0 saturated heterocycles. The van der Waals surface area contributed by atoms with Gasteiger partial charge in [-0.25, -0.2) is 4.98 Å². The van der Waals surface area contributed by atoms with Gasteiger partial charge in [0.25, 0.3) is 5.91 Å². The lowest BCUT2D eigenvalue weighted by atomic mass is 10.1. The Balaban J connectivity index is 1.50. The van der Waals surface area contributed by atoms with Crippen LogP contribution in [-0.2, 0) is 11.2 Å². The molecule has 0 fully saturated rings. The second-order valence-electron chi connectivity index (χ2n) is 7.45. The summed E-state index contributed by atoms with van der Waals surface area (Å²) in [4.78, 5) is 31.6. The van der Waals surface area contributed by atoms with Gasteiger partial charge in [-0.1, -0.05) is 41.9 Å². The highest BCUT2D eigenvalue weighted by atomic mass is 35.5. The molecular weight excluding hydrogens is 414 g/mol. The van der Waals surface area contributed by atoms with Gasteiger partial charge in [0.2, 0.25) is 11.8 Å². The molecule has 1 atom stereocenters. The van der Waals surface area contributed by atoms with E-state index in [0.717, 1.165) is 12.8 Å². The summed E-state index contributed by atoms with van der Waals surface area (Å²) in [5.74, 6) is -0.00119. The van der Waals surface area contributed by atoms with Crippen LogP contribution < -0.4 is 15.0 Å². The van der Waals surface area contributed by atoms with Crippen molar-refractivity contribution < 1.29 is 14.3 Å². The second-order valence-corrected chi connectivity index (χ2v) is 7.89. The average Bonchev–Trinajstić information content (AvgIpc) is 2.88. The number of halogens is 1. The number of hydrogen-bond donors (Lipinski definition) is 1. The predicted octanol–water partition coefficient (Wildman–Crippen LogP) is 4.63. The van der Waals surface area contributed by atoms with Gasteiger partial charge in [-0.2, -0.15) is 0 Å². The fraction of sp³-hybridized carbons (Fsp3) is 0.208. The number of carbonyl (C=O) groups excluding carboxylic acids is 2. The van der Waals surface area contributed by atoms with E-state index < -0.39 is 0 Å². The quantitative estimate of drug-likeness (QED) is 0.613. The number of nitrogens with zero attached hydrogens (tertiary/aromatic N) is 2. The number of pyridine rings is 1. The summed E-state index contributed by atoms with van der Waals surface area (Å²) in [5.41, 5.74) is 1.94. The van der Waals surface area contributed by atoms with Gasteiger partial charge in [0.05, 0.1) is 5.69 Å². The van der Waals surface area contributed by atoms with Crippen LogP contribution in [0.25, 0.3) is 0 Å². The first-order valence-electron chi connectivity index (χ1n) is 10.1. The topological polar surface area (TPSA) is 71.5 Å². The maximum Gasteiger partial charge on any atom is 0.264 e. The lowest BCUT2D eigenvalue weighted by molar-refractivity contribution is -0.120. The Kier molecular flexibility index (Phi) is 6.18. The highest BCUT2D eigenvalue weighted by Crippen LogP contribution is 2.39. The van der Waals surface area contributed by atoms with Crippen LogP contribution >= 0.6 is 11.6 Å². The fourth-order valence-electron chi connectivity index (χ4n) is 3.50. The average molecular weight is 436 g/mol. The van der Waals surface area contributed by atoms with Crippen molar-refractivity contribution in [3.8, 4) is 11.6 Å². The zero-order chi connectivity index (χ0) is 21.8. The van der Waals surface area contributed by atoms with Crippen molar-refractivity contribution in [2.45, 2.75) is 25.8 Å². The Bertz CT molecular complexity index is 1100. The number of fused-ring (bicyclic) bond motifs is 2. The Morgan fingerprint density at radius 2 is 1.97 bits per heavy atom. The predicted molar refractivity (Wildman–Crippen MR) is 120 cm³/mol. The van der Waals surface area contributed by atoms with E-state index in [1.807, 2.05) is 25.1 Å². The number of amides is 2. The van der Waals surface area contributed by atoms with Crippen LogP contribution in [0.4, 0.5) is 5.69 Å². The highest BCUT2D eigenvalue weighted by molar-refractivity contribution is 6.31. The minimum Gasteiger partial charge on any atom is -0.436 e. The number of anilines is 1. The number of hydrogen-bond acceptors (Lipinski definition) is 4. The minimum absolute atomic E-state index is 0.0428. The molecular formula is C24H22ClN3O3. The van der Waals surface area contributed by atoms with E-state index in [4.69, 9.17) is 16.3 Å². The van der Waals surface area contributed by atoms with Crippen molar-refractivity contribution in [2.75, 3.05) is 11.4 Å². The Labute approximate surface area is 185 Å². The summed E-state index contributed by atoms with van der Waals surface area (Å²) in [7, 11) is 0. The van der Waals surface area contributed by atoms with Crippen LogP contribution in [0, 0.1) is 0 Å². The molecule has 3 aromatic rings. The molecule has 158 valence electrons. The first-order chi connectivity index (χ1) is 15.0. The van der Waals surface area contributed by atoms with E-state index in [9.17, 15) is 9.59 Å². The first kappa shape index (κ1) is 20.9. The summed E-state index contributed by atoms with van der Waals surface area (Å²) in [6, 6.07) is 18.3. The molecule has 1 aromatic heterocycles. The fourth-order valence-corrected chi connectivity index (χ4v) is 3.67. The molecule has 0 aliphatic carbocycles. The summed E-state index contributed by atoms with van der Waals surface area (Å²) in [6.45, 7) is 1.80. The second kappa shape index (κ2) is 9.18. The third-order valence-electron chi connectivity index (χ3n) is 5.08.